The molecule has 1 aromatic rings. The summed E-state index contributed by atoms with van der Waals surface area (Å²) in [4.78, 5) is 0. The minimum absolute atomic E-state index is 0.0990. The lowest BCUT2D eigenvalue weighted by Crippen LogP contribution is -2.34. The predicted octanol–water partition coefficient (Wildman–Crippen LogP) is 1.33. The fourth-order valence-corrected chi connectivity index (χ4v) is 2.06. The van der Waals surface area contributed by atoms with Crippen molar-refractivity contribution in [2.75, 3.05) is 27.9 Å². The van der Waals surface area contributed by atoms with Gasteiger partial charge in [-0.2, -0.15) is 0 Å². The summed E-state index contributed by atoms with van der Waals surface area (Å²) in [6, 6.07) is 3.71. The van der Waals surface area contributed by atoms with Crippen LogP contribution in [-0.4, -0.2) is 38.6 Å². The average Bonchev–Trinajstić information content (AvgIpc) is 3.24. The van der Waals surface area contributed by atoms with Gasteiger partial charge < -0.3 is 24.6 Å². The summed E-state index contributed by atoms with van der Waals surface area (Å²) in [5.74, 6) is 2.07. The highest BCUT2D eigenvalue weighted by Gasteiger charge is 2.41. The van der Waals surface area contributed by atoms with Gasteiger partial charge in [-0.25, -0.2) is 0 Å². The van der Waals surface area contributed by atoms with Crippen LogP contribution in [0.3, 0.4) is 0 Å². The number of aliphatic hydroxyl groups is 1. The van der Waals surface area contributed by atoms with E-state index in [-0.39, 0.29) is 12.1 Å². The quantitative estimate of drug-likeness (QED) is 0.780. The highest BCUT2D eigenvalue weighted by atomic mass is 16.5. The Morgan fingerprint density at radius 1 is 1.05 bits per heavy atom. The molecule has 1 aliphatic rings. The zero-order chi connectivity index (χ0) is 13.9. The monoisotopic (exact) mass is 267 g/mol. The Bertz CT molecular complexity index is 443. The van der Waals surface area contributed by atoms with Crippen molar-refractivity contribution < 1.29 is 19.3 Å². The van der Waals surface area contributed by atoms with Crippen LogP contribution < -0.4 is 19.5 Å². The van der Waals surface area contributed by atoms with E-state index in [9.17, 15) is 5.11 Å². The first-order valence-corrected chi connectivity index (χ1v) is 6.33. The number of aliphatic hydroxyl groups excluding tert-OH is 1. The van der Waals surface area contributed by atoms with E-state index in [1.54, 1.807) is 21.3 Å². The number of hydrogen-bond donors (Lipinski definition) is 2. The van der Waals surface area contributed by atoms with E-state index < -0.39 is 0 Å². The summed E-state index contributed by atoms with van der Waals surface area (Å²) in [5, 5.41) is 12.7. The van der Waals surface area contributed by atoms with Gasteiger partial charge in [-0.15, -0.1) is 0 Å². The summed E-state index contributed by atoms with van der Waals surface area (Å²) in [6.07, 6.45) is 2.03. The zero-order valence-corrected chi connectivity index (χ0v) is 11.7. The van der Waals surface area contributed by atoms with Crippen LogP contribution in [0.25, 0.3) is 0 Å². The van der Waals surface area contributed by atoms with Crippen molar-refractivity contribution in [2.45, 2.75) is 24.9 Å². The minimum Gasteiger partial charge on any atom is -0.496 e. The summed E-state index contributed by atoms with van der Waals surface area (Å²) in [7, 11) is 4.83. The van der Waals surface area contributed by atoms with E-state index in [0.29, 0.717) is 18.0 Å². The Balaban J connectivity index is 2.18. The van der Waals surface area contributed by atoms with Gasteiger partial charge in [0.05, 0.1) is 27.9 Å². The van der Waals surface area contributed by atoms with E-state index in [4.69, 9.17) is 14.2 Å². The van der Waals surface area contributed by atoms with Crippen LogP contribution in [0.4, 0.5) is 0 Å². The van der Waals surface area contributed by atoms with Gasteiger partial charge in [0.15, 0.2) is 11.5 Å². The molecule has 19 heavy (non-hydrogen) atoms. The van der Waals surface area contributed by atoms with Crippen LogP contribution in [0.2, 0.25) is 0 Å². The largest absolute Gasteiger partial charge is 0.496 e. The van der Waals surface area contributed by atoms with Crippen LogP contribution in [0.1, 0.15) is 18.4 Å². The Hall–Kier alpha value is -1.46. The minimum atomic E-state index is -0.0990. The number of ether oxygens (including phenoxy) is 3. The lowest BCUT2D eigenvalue weighted by atomic mass is 10.1. The smallest absolute Gasteiger partial charge is 0.164 e. The Labute approximate surface area is 113 Å². The van der Waals surface area contributed by atoms with Gasteiger partial charge >= 0.3 is 0 Å². The molecule has 1 aliphatic carbocycles. The van der Waals surface area contributed by atoms with Crippen molar-refractivity contribution in [3.05, 3.63) is 17.7 Å². The highest BCUT2D eigenvalue weighted by molar-refractivity contribution is 5.50. The third-order valence-corrected chi connectivity index (χ3v) is 3.60. The number of methoxy groups -OCH3 is 3. The molecule has 0 amide bonds. The number of nitrogens with one attached hydrogen (secondary N) is 1. The molecule has 5 nitrogen and oxygen atoms in total. The standard InChI is InChI=1S/C14H21NO4/c1-17-11-7-13(19-3)12(18-2)6-10(11)8-15-14(9-16)4-5-14/h6-7,15-16H,4-5,8-9H2,1-3H3. The van der Waals surface area contributed by atoms with E-state index in [0.717, 1.165) is 24.2 Å². The van der Waals surface area contributed by atoms with E-state index in [1.807, 2.05) is 12.1 Å². The molecule has 5 heteroatoms. The molecule has 2 N–H and O–H groups in total. The van der Waals surface area contributed by atoms with Crippen molar-refractivity contribution in [3.8, 4) is 17.2 Å². The van der Waals surface area contributed by atoms with Crippen molar-refractivity contribution >= 4 is 0 Å². The Morgan fingerprint density at radius 3 is 2.11 bits per heavy atom. The van der Waals surface area contributed by atoms with Crippen LogP contribution in [0.15, 0.2) is 12.1 Å². The lowest BCUT2D eigenvalue weighted by Gasteiger charge is -2.18. The molecule has 0 unspecified atom stereocenters. The van der Waals surface area contributed by atoms with Crippen molar-refractivity contribution in [2.24, 2.45) is 0 Å². The predicted molar refractivity (Wildman–Crippen MR) is 72.0 cm³/mol. The van der Waals surface area contributed by atoms with Gasteiger partial charge in [0.1, 0.15) is 5.75 Å². The fraction of sp³-hybridized carbons (Fsp3) is 0.571. The molecule has 0 bridgehead atoms. The van der Waals surface area contributed by atoms with Gasteiger partial charge in [-0.1, -0.05) is 0 Å². The van der Waals surface area contributed by atoms with Crippen molar-refractivity contribution in [1.82, 2.24) is 5.32 Å². The Kier molecular flexibility index (Phi) is 4.17. The molecule has 0 radical (unpaired) electrons. The third kappa shape index (κ3) is 2.93. The molecule has 106 valence electrons. The molecule has 0 saturated heterocycles. The molecule has 0 aliphatic heterocycles. The lowest BCUT2D eigenvalue weighted by molar-refractivity contribution is 0.229. The highest BCUT2D eigenvalue weighted by Crippen LogP contribution is 2.37. The molecule has 1 fully saturated rings. The van der Waals surface area contributed by atoms with Crippen LogP contribution in [0.5, 0.6) is 17.2 Å². The summed E-state index contributed by atoms with van der Waals surface area (Å²) < 4.78 is 15.9. The van der Waals surface area contributed by atoms with Crippen molar-refractivity contribution in [1.29, 1.82) is 0 Å². The molecule has 2 rings (SSSR count). The maximum atomic E-state index is 9.31. The van der Waals surface area contributed by atoms with E-state index in [2.05, 4.69) is 5.32 Å². The average molecular weight is 267 g/mol. The number of benzene rings is 1. The molecule has 1 saturated carbocycles. The first-order valence-electron chi connectivity index (χ1n) is 6.33. The first-order chi connectivity index (χ1) is 9.18. The van der Waals surface area contributed by atoms with Gasteiger partial charge in [0, 0.05) is 23.7 Å². The second kappa shape index (κ2) is 5.67. The SMILES string of the molecule is COc1cc(OC)c(OC)cc1CNC1(CO)CC1. The molecular weight excluding hydrogens is 246 g/mol. The zero-order valence-electron chi connectivity index (χ0n) is 11.7. The maximum absolute atomic E-state index is 9.31. The molecule has 0 aromatic heterocycles. The Morgan fingerprint density at radius 2 is 1.63 bits per heavy atom. The number of hydrogen-bond acceptors (Lipinski definition) is 5. The van der Waals surface area contributed by atoms with Gasteiger partial charge in [0.2, 0.25) is 0 Å². The topological polar surface area (TPSA) is 60.0 Å². The second-order valence-corrected chi connectivity index (χ2v) is 4.81. The first kappa shape index (κ1) is 14.0. The van der Waals surface area contributed by atoms with E-state index in [1.165, 1.54) is 0 Å². The molecule has 0 spiro atoms. The third-order valence-electron chi connectivity index (χ3n) is 3.60. The van der Waals surface area contributed by atoms with Crippen molar-refractivity contribution in [3.63, 3.8) is 0 Å². The van der Waals surface area contributed by atoms with Gasteiger partial charge in [0.25, 0.3) is 0 Å². The van der Waals surface area contributed by atoms with Crippen LogP contribution in [0, 0.1) is 0 Å². The van der Waals surface area contributed by atoms with Crippen LogP contribution >= 0.6 is 0 Å². The molecule has 0 atom stereocenters. The molecular formula is C14H21NO4. The number of rotatable bonds is 7. The fourth-order valence-electron chi connectivity index (χ4n) is 2.06. The molecule has 0 heterocycles. The molecule has 1 aromatic carbocycles. The normalized spacial score (nSPS) is 16.0. The van der Waals surface area contributed by atoms with E-state index >= 15 is 0 Å². The van der Waals surface area contributed by atoms with Crippen LogP contribution in [-0.2, 0) is 6.54 Å². The second-order valence-electron chi connectivity index (χ2n) is 4.81. The maximum Gasteiger partial charge on any atom is 0.164 e. The summed E-state index contributed by atoms with van der Waals surface area (Å²) in [6.45, 7) is 0.798. The van der Waals surface area contributed by atoms with Gasteiger partial charge in [-0.05, 0) is 18.9 Å². The van der Waals surface area contributed by atoms with Gasteiger partial charge in [-0.3, -0.25) is 0 Å². The summed E-state index contributed by atoms with van der Waals surface area (Å²) >= 11 is 0. The summed E-state index contributed by atoms with van der Waals surface area (Å²) in [5.41, 5.74) is 0.887.